The Morgan fingerprint density at radius 2 is 2.39 bits per heavy atom. The molecule has 18 heavy (non-hydrogen) atoms. The highest BCUT2D eigenvalue weighted by Crippen LogP contribution is 2.32. The predicted octanol–water partition coefficient (Wildman–Crippen LogP) is 1.44. The standard InChI is InChI=1S/C12H16N2O4/c1-8-3-2-5-12(7-8,11(16)17)14-10(15)9-4-6-13-18-9/h4,6,8H,2-3,5,7H2,1H3,(H,14,15)(H,16,17). The van der Waals surface area contributed by atoms with E-state index in [9.17, 15) is 14.7 Å². The number of carbonyl (C=O) groups excluding carboxylic acids is 1. The molecule has 1 heterocycles. The van der Waals surface area contributed by atoms with Gasteiger partial charge in [0.1, 0.15) is 5.54 Å². The highest BCUT2D eigenvalue weighted by atomic mass is 16.5. The Hall–Kier alpha value is -1.85. The van der Waals surface area contributed by atoms with Crippen LogP contribution in [0.4, 0.5) is 0 Å². The smallest absolute Gasteiger partial charge is 0.329 e. The summed E-state index contributed by atoms with van der Waals surface area (Å²) in [6.07, 6.45) is 4.04. The molecule has 0 spiro atoms. The molecular formula is C12H16N2O4. The van der Waals surface area contributed by atoms with Gasteiger partial charge in [0.25, 0.3) is 5.91 Å². The number of aliphatic carboxylic acids is 1. The third-order valence-corrected chi connectivity index (χ3v) is 3.42. The van der Waals surface area contributed by atoms with Crippen LogP contribution in [0.1, 0.15) is 43.2 Å². The Balaban J connectivity index is 2.16. The van der Waals surface area contributed by atoms with E-state index in [1.807, 2.05) is 6.92 Å². The average molecular weight is 252 g/mol. The molecule has 1 aromatic rings. The van der Waals surface area contributed by atoms with E-state index in [2.05, 4.69) is 10.5 Å². The minimum atomic E-state index is -1.18. The van der Waals surface area contributed by atoms with Crippen molar-refractivity contribution >= 4 is 11.9 Å². The first-order valence-electron chi connectivity index (χ1n) is 6.00. The van der Waals surface area contributed by atoms with E-state index in [1.165, 1.54) is 12.3 Å². The molecule has 6 heteroatoms. The lowest BCUT2D eigenvalue weighted by atomic mass is 9.76. The van der Waals surface area contributed by atoms with Crippen LogP contribution in [-0.4, -0.2) is 27.7 Å². The predicted molar refractivity (Wildman–Crippen MR) is 62.0 cm³/mol. The lowest BCUT2D eigenvalue weighted by molar-refractivity contribution is -0.146. The van der Waals surface area contributed by atoms with Crippen molar-refractivity contribution in [3.8, 4) is 0 Å². The van der Waals surface area contributed by atoms with Crippen LogP contribution in [0, 0.1) is 5.92 Å². The van der Waals surface area contributed by atoms with Crippen molar-refractivity contribution in [2.75, 3.05) is 0 Å². The van der Waals surface area contributed by atoms with Crippen molar-refractivity contribution in [3.05, 3.63) is 18.0 Å². The zero-order chi connectivity index (χ0) is 13.2. The molecule has 2 rings (SSSR count). The van der Waals surface area contributed by atoms with Crippen molar-refractivity contribution in [2.24, 2.45) is 5.92 Å². The molecule has 98 valence electrons. The van der Waals surface area contributed by atoms with Crippen molar-refractivity contribution in [3.63, 3.8) is 0 Å². The molecule has 1 aliphatic rings. The number of amides is 1. The van der Waals surface area contributed by atoms with Gasteiger partial charge in [-0.05, 0) is 18.8 Å². The molecule has 1 fully saturated rings. The van der Waals surface area contributed by atoms with Crippen molar-refractivity contribution in [2.45, 2.75) is 38.1 Å². The van der Waals surface area contributed by atoms with Crippen LogP contribution in [0.25, 0.3) is 0 Å². The second-order valence-corrected chi connectivity index (χ2v) is 4.92. The molecule has 1 aliphatic carbocycles. The third-order valence-electron chi connectivity index (χ3n) is 3.42. The van der Waals surface area contributed by atoms with Gasteiger partial charge in [-0.2, -0.15) is 0 Å². The summed E-state index contributed by atoms with van der Waals surface area (Å²) >= 11 is 0. The van der Waals surface area contributed by atoms with Crippen molar-refractivity contribution in [1.29, 1.82) is 0 Å². The quantitative estimate of drug-likeness (QED) is 0.849. The Bertz CT molecular complexity index is 443. The van der Waals surface area contributed by atoms with E-state index in [4.69, 9.17) is 4.52 Å². The summed E-state index contributed by atoms with van der Waals surface area (Å²) in [4.78, 5) is 23.3. The van der Waals surface area contributed by atoms with Gasteiger partial charge in [-0.1, -0.05) is 24.9 Å². The summed E-state index contributed by atoms with van der Waals surface area (Å²) in [6, 6.07) is 1.41. The molecule has 0 bridgehead atoms. The summed E-state index contributed by atoms with van der Waals surface area (Å²) in [5.74, 6) is -1.19. The molecule has 1 amide bonds. The Morgan fingerprint density at radius 1 is 1.61 bits per heavy atom. The van der Waals surface area contributed by atoms with Crippen LogP contribution in [0.2, 0.25) is 0 Å². The maximum atomic E-state index is 11.9. The fraction of sp³-hybridized carbons (Fsp3) is 0.583. The molecule has 1 saturated carbocycles. The molecule has 0 radical (unpaired) electrons. The first kappa shape index (κ1) is 12.6. The van der Waals surface area contributed by atoms with E-state index in [1.54, 1.807) is 0 Å². The largest absolute Gasteiger partial charge is 0.480 e. The summed E-state index contributed by atoms with van der Waals surface area (Å²) in [5.41, 5.74) is -1.18. The fourth-order valence-corrected chi connectivity index (χ4v) is 2.52. The highest BCUT2D eigenvalue weighted by molar-refractivity contribution is 5.95. The van der Waals surface area contributed by atoms with E-state index in [0.717, 1.165) is 12.8 Å². The second-order valence-electron chi connectivity index (χ2n) is 4.92. The van der Waals surface area contributed by atoms with Crippen LogP contribution >= 0.6 is 0 Å². The van der Waals surface area contributed by atoms with E-state index in [0.29, 0.717) is 12.8 Å². The van der Waals surface area contributed by atoms with Gasteiger partial charge in [0, 0.05) is 6.07 Å². The topological polar surface area (TPSA) is 92.4 Å². The normalized spacial score (nSPS) is 27.7. The molecule has 1 aromatic heterocycles. The van der Waals surface area contributed by atoms with Crippen LogP contribution in [0.15, 0.2) is 16.8 Å². The van der Waals surface area contributed by atoms with Crippen molar-refractivity contribution < 1.29 is 19.2 Å². The molecule has 6 nitrogen and oxygen atoms in total. The van der Waals surface area contributed by atoms with Gasteiger partial charge in [-0.25, -0.2) is 4.79 Å². The Morgan fingerprint density at radius 3 is 2.94 bits per heavy atom. The first-order valence-corrected chi connectivity index (χ1v) is 6.00. The number of nitrogens with one attached hydrogen (secondary N) is 1. The average Bonchev–Trinajstić information content (AvgIpc) is 2.82. The summed E-state index contributed by atoms with van der Waals surface area (Å²) in [6.45, 7) is 2.00. The highest BCUT2D eigenvalue weighted by Gasteiger charge is 2.43. The number of carbonyl (C=O) groups is 2. The molecule has 2 unspecified atom stereocenters. The maximum Gasteiger partial charge on any atom is 0.329 e. The van der Waals surface area contributed by atoms with Gasteiger partial charge in [-0.3, -0.25) is 4.79 Å². The van der Waals surface area contributed by atoms with Gasteiger partial charge in [0.05, 0.1) is 6.20 Å². The number of aromatic nitrogens is 1. The van der Waals surface area contributed by atoms with Gasteiger partial charge in [0.15, 0.2) is 0 Å². The first-order chi connectivity index (χ1) is 8.53. The van der Waals surface area contributed by atoms with E-state index >= 15 is 0 Å². The molecule has 2 atom stereocenters. The molecule has 0 saturated heterocycles. The zero-order valence-corrected chi connectivity index (χ0v) is 10.2. The zero-order valence-electron chi connectivity index (χ0n) is 10.2. The fourth-order valence-electron chi connectivity index (χ4n) is 2.52. The summed E-state index contributed by atoms with van der Waals surface area (Å²) in [7, 11) is 0. The van der Waals surface area contributed by atoms with Gasteiger partial charge in [-0.15, -0.1) is 0 Å². The van der Waals surface area contributed by atoms with Crippen LogP contribution in [-0.2, 0) is 4.79 Å². The lowest BCUT2D eigenvalue weighted by Gasteiger charge is -2.36. The number of carboxylic acids is 1. The van der Waals surface area contributed by atoms with Gasteiger partial charge in [0.2, 0.25) is 5.76 Å². The summed E-state index contributed by atoms with van der Waals surface area (Å²) < 4.78 is 4.73. The maximum absolute atomic E-state index is 11.9. The molecule has 2 N–H and O–H groups in total. The lowest BCUT2D eigenvalue weighted by Crippen LogP contribution is -2.56. The number of hydrogen-bond donors (Lipinski definition) is 2. The van der Waals surface area contributed by atoms with Crippen molar-refractivity contribution in [1.82, 2.24) is 10.5 Å². The molecular weight excluding hydrogens is 236 g/mol. The van der Waals surface area contributed by atoms with Gasteiger partial charge < -0.3 is 14.9 Å². The van der Waals surface area contributed by atoms with Gasteiger partial charge >= 0.3 is 5.97 Å². The Labute approximate surface area is 104 Å². The molecule has 0 aromatic carbocycles. The minimum absolute atomic E-state index is 0.0360. The number of hydrogen-bond acceptors (Lipinski definition) is 4. The molecule has 0 aliphatic heterocycles. The second kappa shape index (κ2) is 4.80. The SMILES string of the molecule is CC1CCCC(NC(=O)c2ccno2)(C(=O)O)C1. The Kier molecular flexibility index (Phi) is 3.36. The number of rotatable bonds is 3. The minimum Gasteiger partial charge on any atom is -0.480 e. The number of carboxylic acid groups (broad SMARTS) is 1. The van der Waals surface area contributed by atoms with E-state index < -0.39 is 17.4 Å². The third kappa shape index (κ3) is 2.37. The monoisotopic (exact) mass is 252 g/mol. The van der Waals surface area contributed by atoms with E-state index in [-0.39, 0.29) is 11.7 Å². The van der Waals surface area contributed by atoms with Crippen LogP contribution in [0.3, 0.4) is 0 Å². The van der Waals surface area contributed by atoms with Crippen LogP contribution < -0.4 is 5.32 Å². The number of nitrogens with zero attached hydrogens (tertiary/aromatic N) is 1. The van der Waals surface area contributed by atoms with Crippen LogP contribution in [0.5, 0.6) is 0 Å². The summed E-state index contributed by atoms with van der Waals surface area (Å²) in [5, 5.41) is 15.4.